The van der Waals surface area contributed by atoms with Crippen LogP contribution in [0.15, 0.2) is 48.7 Å². The molecule has 3 aromatic rings. The van der Waals surface area contributed by atoms with Crippen LogP contribution in [-0.2, 0) is 10.7 Å². The van der Waals surface area contributed by atoms with E-state index in [4.69, 9.17) is 14.6 Å². The van der Waals surface area contributed by atoms with E-state index in [9.17, 15) is 23.1 Å². The molecule has 11 heteroatoms. The Hall–Kier alpha value is -3.54. The number of ether oxygens (including phenoxy) is 2. The van der Waals surface area contributed by atoms with Crippen LogP contribution < -0.4 is 10.1 Å². The maximum atomic E-state index is 13.7. The van der Waals surface area contributed by atoms with E-state index in [0.717, 1.165) is 47.5 Å². The largest absolute Gasteiger partial charge is 0.475 e. The zero-order valence-electron chi connectivity index (χ0n) is 21.4. The number of pyridine rings is 2. The van der Waals surface area contributed by atoms with Crippen molar-refractivity contribution in [3.05, 3.63) is 71.2 Å². The summed E-state index contributed by atoms with van der Waals surface area (Å²) in [6.07, 6.45) is 1.57. The predicted molar refractivity (Wildman–Crippen MR) is 138 cm³/mol. The van der Waals surface area contributed by atoms with E-state index < -0.39 is 36.9 Å². The van der Waals surface area contributed by atoms with Gasteiger partial charge in [-0.3, -0.25) is 9.78 Å². The molecule has 2 aromatic heterocycles. The third-order valence-corrected chi connectivity index (χ3v) is 6.47. The number of nitrogens with one attached hydrogen (secondary N) is 1. The Labute approximate surface area is 223 Å². The van der Waals surface area contributed by atoms with Crippen molar-refractivity contribution in [3.8, 4) is 17.0 Å². The molecule has 1 aliphatic heterocycles. The second-order valence-electron chi connectivity index (χ2n) is 9.40. The lowest BCUT2D eigenvalue weighted by atomic mass is 9.92. The molecule has 0 bridgehead atoms. The Bertz CT molecular complexity index is 1300. The number of hydrogen-bond acceptors (Lipinski definition) is 7. The van der Waals surface area contributed by atoms with Crippen LogP contribution in [0.3, 0.4) is 0 Å². The zero-order valence-corrected chi connectivity index (χ0v) is 21.4. The van der Waals surface area contributed by atoms with Crippen molar-refractivity contribution in [2.75, 3.05) is 38.4 Å². The van der Waals surface area contributed by atoms with Crippen LogP contribution in [0.2, 0.25) is 0 Å². The number of benzene rings is 1. The molecule has 0 radical (unpaired) electrons. The first-order valence-corrected chi connectivity index (χ1v) is 12.5. The highest BCUT2D eigenvalue weighted by atomic mass is 19.3. The van der Waals surface area contributed by atoms with Gasteiger partial charge in [0.05, 0.1) is 6.61 Å². The maximum absolute atomic E-state index is 13.7. The molecule has 8 nitrogen and oxygen atoms in total. The number of rotatable bonds is 10. The second kappa shape index (κ2) is 12.5. The molecule has 0 saturated carbocycles. The summed E-state index contributed by atoms with van der Waals surface area (Å²) in [5.74, 6) is -4.00. The number of halogens is 3. The first-order chi connectivity index (χ1) is 18.7. The van der Waals surface area contributed by atoms with Gasteiger partial charge in [0.15, 0.2) is 6.67 Å². The molecule has 1 fully saturated rings. The third-order valence-electron chi connectivity index (χ3n) is 6.47. The Morgan fingerprint density at radius 1 is 1.21 bits per heavy atom. The van der Waals surface area contributed by atoms with Crippen LogP contribution in [0.5, 0.6) is 5.88 Å². The summed E-state index contributed by atoms with van der Waals surface area (Å²) < 4.78 is 51.4. The first kappa shape index (κ1) is 28.5. The molecule has 1 aromatic carbocycles. The summed E-state index contributed by atoms with van der Waals surface area (Å²) >= 11 is 0. The van der Waals surface area contributed by atoms with E-state index in [0.29, 0.717) is 18.9 Å². The fourth-order valence-corrected chi connectivity index (χ4v) is 4.25. The van der Waals surface area contributed by atoms with E-state index in [1.54, 1.807) is 18.2 Å². The second-order valence-corrected chi connectivity index (χ2v) is 9.40. The van der Waals surface area contributed by atoms with Gasteiger partial charge in [-0.2, -0.15) is 8.78 Å². The summed E-state index contributed by atoms with van der Waals surface area (Å²) in [4.78, 5) is 21.0. The van der Waals surface area contributed by atoms with E-state index >= 15 is 0 Å². The molecule has 3 heterocycles. The van der Waals surface area contributed by atoms with Crippen molar-refractivity contribution < 1.29 is 37.7 Å². The molecule has 1 unspecified atom stereocenters. The highest BCUT2D eigenvalue weighted by Crippen LogP contribution is 2.34. The first-order valence-electron chi connectivity index (χ1n) is 12.5. The molecule has 208 valence electrons. The van der Waals surface area contributed by atoms with Crippen LogP contribution in [0.25, 0.3) is 11.1 Å². The quantitative estimate of drug-likeness (QED) is 0.346. The van der Waals surface area contributed by atoms with E-state index in [2.05, 4.69) is 15.3 Å². The van der Waals surface area contributed by atoms with Gasteiger partial charge in [-0.15, -0.1) is 0 Å². The van der Waals surface area contributed by atoms with Crippen molar-refractivity contribution in [1.29, 1.82) is 0 Å². The van der Waals surface area contributed by atoms with Gasteiger partial charge in [0.2, 0.25) is 5.88 Å². The number of amides is 1. The van der Waals surface area contributed by atoms with Crippen molar-refractivity contribution in [3.63, 3.8) is 0 Å². The summed E-state index contributed by atoms with van der Waals surface area (Å²) in [5, 5.41) is 21.6. The molecule has 1 aliphatic rings. The van der Waals surface area contributed by atoms with Gasteiger partial charge >= 0.3 is 5.92 Å². The normalized spacial score (nSPS) is 15.1. The minimum Gasteiger partial charge on any atom is -0.475 e. The Morgan fingerprint density at radius 3 is 2.69 bits per heavy atom. The molecule has 0 aliphatic carbocycles. The Kier molecular flexibility index (Phi) is 9.16. The number of aryl methyl sites for hydroxylation is 1. The predicted octanol–water partition coefficient (Wildman–Crippen LogP) is 4.39. The van der Waals surface area contributed by atoms with Crippen molar-refractivity contribution >= 4 is 11.6 Å². The van der Waals surface area contributed by atoms with Crippen LogP contribution in [0.1, 0.15) is 46.1 Å². The smallest absolute Gasteiger partial charge is 0.317 e. The number of carbonyl (C=O) groups is 1. The number of hydrogen-bond donors (Lipinski definition) is 3. The fraction of sp³-hybridized carbons (Fsp3) is 0.393. The van der Waals surface area contributed by atoms with E-state index in [1.807, 2.05) is 19.1 Å². The summed E-state index contributed by atoms with van der Waals surface area (Å²) in [6, 6.07) is 11.1. The number of aliphatic hydroxyl groups excluding tert-OH is 2. The Balaban J connectivity index is 1.63. The third kappa shape index (κ3) is 7.11. The SMILES string of the molecule is Cc1ccc(NC(=O)c2ccnc(C(F)(F)CF)c2)cc1-c1cc(OCC(O)CO)nc(C2CCOCC2)c1. The number of aliphatic hydroxyl groups is 2. The topological polar surface area (TPSA) is 114 Å². The van der Waals surface area contributed by atoms with Gasteiger partial charge in [0, 0.05) is 48.3 Å². The van der Waals surface area contributed by atoms with Crippen LogP contribution in [-0.4, -0.2) is 65.3 Å². The summed E-state index contributed by atoms with van der Waals surface area (Å²) in [7, 11) is 0. The molecule has 3 N–H and O–H groups in total. The minimum atomic E-state index is -3.79. The molecular formula is C28H30F3N3O5. The molecule has 39 heavy (non-hydrogen) atoms. The van der Waals surface area contributed by atoms with Gasteiger partial charge in [-0.05, 0) is 66.8 Å². The van der Waals surface area contributed by atoms with Crippen molar-refractivity contribution in [2.24, 2.45) is 0 Å². The van der Waals surface area contributed by atoms with E-state index in [1.165, 1.54) is 6.07 Å². The number of alkyl halides is 3. The Morgan fingerprint density at radius 2 is 1.97 bits per heavy atom. The lowest BCUT2D eigenvalue weighted by Crippen LogP contribution is -2.22. The molecule has 0 spiro atoms. The lowest BCUT2D eigenvalue weighted by molar-refractivity contribution is -0.0322. The molecule has 1 saturated heterocycles. The molecule has 1 atom stereocenters. The van der Waals surface area contributed by atoms with Crippen LogP contribution >= 0.6 is 0 Å². The monoisotopic (exact) mass is 545 g/mol. The summed E-state index contributed by atoms with van der Waals surface area (Å²) in [5.41, 5.74) is 2.75. The highest BCUT2D eigenvalue weighted by Gasteiger charge is 2.34. The molecule has 4 rings (SSSR count). The number of aromatic nitrogens is 2. The number of nitrogens with zero attached hydrogens (tertiary/aromatic N) is 2. The standard InChI is InChI=1S/C28H30F3N3O5/c1-17-2-3-21(33-27(37)19-4-7-32-25(11-19)28(30,31)16-29)13-23(17)20-10-24(18-5-8-38-9-6-18)34-26(12-20)39-15-22(36)14-35/h2-4,7,10-13,18,22,35-36H,5-6,8-9,14-16H2,1H3,(H,33,37). The fourth-order valence-electron chi connectivity index (χ4n) is 4.25. The van der Waals surface area contributed by atoms with Crippen molar-refractivity contribution in [2.45, 2.75) is 37.7 Å². The highest BCUT2D eigenvalue weighted by molar-refractivity contribution is 6.04. The van der Waals surface area contributed by atoms with Gasteiger partial charge in [0.25, 0.3) is 5.91 Å². The maximum Gasteiger partial charge on any atom is 0.317 e. The van der Waals surface area contributed by atoms with Crippen LogP contribution in [0.4, 0.5) is 18.9 Å². The molecular weight excluding hydrogens is 515 g/mol. The average Bonchev–Trinajstić information content (AvgIpc) is 2.97. The molecule has 1 amide bonds. The van der Waals surface area contributed by atoms with Crippen LogP contribution in [0, 0.1) is 6.92 Å². The van der Waals surface area contributed by atoms with Gasteiger partial charge in [0.1, 0.15) is 18.4 Å². The lowest BCUT2D eigenvalue weighted by Gasteiger charge is -2.23. The average molecular weight is 546 g/mol. The van der Waals surface area contributed by atoms with Gasteiger partial charge in [-0.25, -0.2) is 9.37 Å². The minimum absolute atomic E-state index is 0.0842. The number of anilines is 1. The number of carbonyl (C=O) groups excluding carboxylic acids is 1. The summed E-state index contributed by atoms with van der Waals surface area (Å²) in [6.45, 7) is 0.635. The zero-order chi connectivity index (χ0) is 28.0. The van der Waals surface area contributed by atoms with Gasteiger partial charge in [-0.1, -0.05) is 6.07 Å². The van der Waals surface area contributed by atoms with E-state index in [-0.39, 0.29) is 24.0 Å². The van der Waals surface area contributed by atoms with Crippen molar-refractivity contribution in [1.82, 2.24) is 9.97 Å². The van der Waals surface area contributed by atoms with Gasteiger partial charge < -0.3 is 25.0 Å².